The summed E-state index contributed by atoms with van der Waals surface area (Å²) in [6.07, 6.45) is 1.16. The van der Waals surface area contributed by atoms with E-state index in [2.05, 4.69) is 0 Å². The molecule has 0 radical (unpaired) electrons. The number of hydrogen-bond donors (Lipinski definition) is 0. The fourth-order valence-corrected chi connectivity index (χ4v) is 1.51. The molecule has 0 bridgehead atoms. The number of benzene rings is 1. The zero-order chi connectivity index (χ0) is 12.2. The summed E-state index contributed by atoms with van der Waals surface area (Å²) >= 11 is 0. The summed E-state index contributed by atoms with van der Waals surface area (Å²) in [7, 11) is -3.01. The summed E-state index contributed by atoms with van der Waals surface area (Å²) in [6.45, 7) is 1.95. The molecule has 0 saturated heterocycles. The Morgan fingerprint density at radius 3 is 2.69 bits per heavy atom. The standard InChI is InChI=1S/C11H13NO3S/c1-9-3-4-10(8-12)7-11(9)15-5-6-16(2,13)14/h3-4,7H,5-6H2,1-2H3. The molecule has 0 N–H and O–H groups in total. The van der Waals surface area contributed by atoms with Crippen LogP contribution in [-0.2, 0) is 9.84 Å². The van der Waals surface area contributed by atoms with Crippen LogP contribution in [0.3, 0.4) is 0 Å². The van der Waals surface area contributed by atoms with Crippen molar-refractivity contribution in [2.75, 3.05) is 18.6 Å². The van der Waals surface area contributed by atoms with Crippen molar-refractivity contribution >= 4 is 9.84 Å². The zero-order valence-electron chi connectivity index (χ0n) is 9.23. The van der Waals surface area contributed by atoms with Gasteiger partial charge in [0, 0.05) is 6.26 Å². The van der Waals surface area contributed by atoms with Crippen LogP contribution in [0.4, 0.5) is 0 Å². The molecular weight excluding hydrogens is 226 g/mol. The van der Waals surface area contributed by atoms with Gasteiger partial charge in [-0.15, -0.1) is 0 Å². The molecule has 0 saturated carbocycles. The van der Waals surface area contributed by atoms with Crippen LogP contribution in [0.15, 0.2) is 18.2 Å². The van der Waals surface area contributed by atoms with Crippen LogP contribution in [0, 0.1) is 18.3 Å². The van der Waals surface area contributed by atoms with Gasteiger partial charge in [-0.25, -0.2) is 8.42 Å². The smallest absolute Gasteiger partial charge is 0.150 e. The summed E-state index contributed by atoms with van der Waals surface area (Å²) in [4.78, 5) is 0. The van der Waals surface area contributed by atoms with Gasteiger partial charge in [0.2, 0.25) is 0 Å². The fourth-order valence-electron chi connectivity index (χ4n) is 1.13. The third kappa shape index (κ3) is 3.91. The molecule has 0 amide bonds. The highest BCUT2D eigenvalue weighted by molar-refractivity contribution is 7.90. The van der Waals surface area contributed by atoms with Crippen LogP contribution in [0.1, 0.15) is 11.1 Å². The van der Waals surface area contributed by atoms with E-state index in [4.69, 9.17) is 10.00 Å². The van der Waals surface area contributed by atoms with Crippen LogP contribution < -0.4 is 4.74 Å². The molecule has 0 atom stereocenters. The number of sulfone groups is 1. The SMILES string of the molecule is Cc1ccc(C#N)cc1OCCS(C)(=O)=O. The molecule has 4 nitrogen and oxygen atoms in total. The fraction of sp³-hybridized carbons (Fsp3) is 0.364. The third-order valence-electron chi connectivity index (χ3n) is 2.03. The van der Waals surface area contributed by atoms with Crippen LogP contribution in [-0.4, -0.2) is 27.0 Å². The third-order valence-corrected chi connectivity index (χ3v) is 2.94. The van der Waals surface area contributed by atoms with Crippen LogP contribution >= 0.6 is 0 Å². The Morgan fingerprint density at radius 1 is 1.44 bits per heavy atom. The monoisotopic (exact) mass is 239 g/mol. The second kappa shape index (κ2) is 4.99. The molecule has 0 fully saturated rings. The molecule has 86 valence electrons. The van der Waals surface area contributed by atoms with Gasteiger partial charge in [0.1, 0.15) is 12.4 Å². The Labute approximate surface area is 95.4 Å². The summed E-state index contributed by atoms with van der Waals surface area (Å²) < 4.78 is 27.1. The molecule has 1 rings (SSSR count). The highest BCUT2D eigenvalue weighted by Crippen LogP contribution is 2.19. The highest BCUT2D eigenvalue weighted by Gasteiger charge is 2.05. The first-order chi connectivity index (χ1) is 7.42. The topological polar surface area (TPSA) is 67.2 Å². The lowest BCUT2D eigenvalue weighted by Crippen LogP contribution is -2.12. The Morgan fingerprint density at radius 2 is 2.12 bits per heavy atom. The molecule has 0 aromatic heterocycles. The van der Waals surface area contributed by atoms with Crippen molar-refractivity contribution in [1.29, 1.82) is 5.26 Å². The van der Waals surface area contributed by atoms with Crippen LogP contribution in [0.25, 0.3) is 0 Å². The van der Waals surface area contributed by atoms with E-state index in [1.807, 2.05) is 13.0 Å². The van der Waals surface area contributed by atoms with Crippen molar-refractivity contribution in [3.63, 3.8) is 0 Å². The van der Waals surface area contributed by atoms with Crippen LogP contribution in [0.5, 0.6) is 5.75 Å². The minimum absolute atomic E-state index is 0.0246. The maximum absolute atomic E-state index is 10.9. The minimum Gasteiger partial charge on any atom is -0.492 e. The van der Waals surface area contributed by atoms with Crippen molar-refractivity contribution in [2.24, 2.45) is 0 Å². The molecule has 5 heteroatoms. The van der Waals surface area contributed by atoms with E-state index in [-0.39, 0.29) is 12.4 Å². The molecule has 1 aromatic carbocycles. The molecule has 16 heavy (non-hydrogen) atoms. The van der Waals surface area contributed by atoms with Gasteiger partial charge in [-0.2, -0.15) is 5.26 Å². The average molecular weight is 239 g/mol. The summed E-state index contributed by atoms with van der Waals surface area (Å²) in [6, 6.07) is 7.08. The molecule has 0 aliphatic carbocycles. The van der Waals surface area contributed by atoms with Crippen LogP contribution in [0.2, 0.25) is 0 Å². The van der Waals surface area contributed by atoms with E-state index in [1.54, 1.807) is 18.2 Å². The lowest BCUT2D eigenvalue weighted by atomic mass is 10.1. The molecule has 0 aliphatic rings. The van der Waals surface area contributed by atoms with Gasteiger partial charge in [-0.05, 0) is 24.6 Å². The van der Waals surface area contributed by atoms with Gasteiger partial charge in [-0.3, -0.25) is 0 Å². The van der Waals surface area contributed by atoms with Gasteiger partial charge in [0.25, 0.3) is 0 Å². The lowest BCUT2D eigenvalue weighted by Gasteiger charge is -2.08. The quantitative estimate of drug-likeness (QED) is 0.794. The largest absolute Gasteiger partial charge is 0.492 e. The molecular formula is C11H13NO3S. The molecule has 0 spiro atoms. The van der Waals surface area contributed by atoms with Crippen molar-refractivity contribution in [1.82, 2.24) is 0 Å². The molecule has 0 unspecified atom stereocenters. The van der Waals surface area contributed by atoms with E-state index < -0.39 is 9.84 Å². The number of rotatable bonds is 4. The first kappa shape index (κ1) is 12.5. The number of hydrogen-bond acceptors (Lipinski definition) is 4. The number of aryl methyl sites for hydroxylation is 1. The Hall–Kier alpha value is -1.54. The van der Waals surface area contributed by atoms with E-state index in [0.29, 0.717) is 11.3 Å². The maximum Gasteiger partial charge on any atom is 0.150 e. The normalized spacial score (nSPS) is 10.8. The average Bonchev–Trinajstić information content (AvgIpc) is 2.19. The van der Waals surface area contributed by atoms with E-state index in [9.17, 15) is 8.42 Å². The van der Waals surface area contributed by atoms with Gasteiger partial charge in [0.05, 0.1) is 17.4 Å². The first-order valence-electron chi connectivity index (χ1n) is 4.73. The predicted molar refractivity (Wildman–Crippen MR) is 61.1 cm³/mol. The summed E-state index contributed by atoms with van der Waals surface area (Å²) in [5.41, 5.74) is 1.38. The van der Waals surface area contributed by atoms with Crippen molar-refractivity contribution < 1.29 is 13.2 Å². The second-order valence-corrected chi connectivity index (χ2v) is 5.83. The molecule has 0 heterocycles. The first-order valence-corrected chi connectivity index (χ1v) is 6.80. The minimum atomic E-state index is -3.01. The van der Waals surface area contributed by atoms with E-state index >= 15 is 0 Å². The number of nitriles is 1. The van der Waals surface area contributed by atoms with E-state index in [0.717, 1.165) is 11.8 Å². The number of nitrogens with zero attached hydrogens (tertiary/aromatic N) is 1. The predicted octanol–water partition coefficient (Wildman–Crippen LogP) is 1.29. The number of ether oxygens (including phenoxy) is 1. The lowest BCUT2D eigenvalue weighted by molar-refractivity contribution is 0.338. The second-order valence-electron chi connectivity index (χ2n) is 3.57. The Bertz CT molecular complexity index is 515. The van der Waals surface area contributed by atoms with Gasteiger partial charge in [-0.1, -0.05) is 6.07 Å². The van der Waals surface area contributed by atoms with Crippen molar-refractivity contribution in [3.8, 4) is 11.8 Å². The van der Waals surface area contributed by atoms with Gasteiger partial charge < -0.3 is 4.74 Å². The van der Waals surface area contributed by atoms with Crippen molar-refractivity contribution in [2.45, 2.75) is 6.92 Å². The summed E-state index contributed by atoms with van der Waals surface area (Å²) in [5.74, 6) is 0.533. The van der Waals surface area contributed by atoms with Gasteiger partial charge in [0.15, 0.2) is 9.84 Å². The van der Waals surface area contributed by atoms with E-state index in [1.165, 1.54) is 0 Å². The Kier molecular flexibility index (Phi) is 3.91. The van der Waals surface area contributed by atoms with Crippen molar-refractivity contribution in [3.05, 3.63) is 29.3 Å². The molecule has 1 aromatic rings. The van der Waals surface area contributed by atoms with Gasteiger partial charge >= 0.3 is 0 Å². The highest BCUT2D eigenvalue weighted by atomic mass is 32.2. The maximum atomic E-state index is 10.9. The summed E-state index contributed by atoms with van der Waals surface area (Å²) in [5, 5.41) is 8.71. The Balaban J connectivity index is 2.71. The zero-order valence-corrected chi connectivity index (χ0v) is 10.0. The molecule has 0 aliphatic heterocycles.